The first-order valence-corrected chi connectivity index (χ1v) is 13.2. The summed E-state index contributed by atoms with van der Waals surface area (Å²) in [5.41, 5.74) is 2.48. The van der Waals surface area contributed by atoms with Crippen molar-refractivity contribution in [3.8, 4) is 0 Å². The number of rotatable bonds is 11. The Balaban J connectivity index is 1.55. The van der Waals surface area contributed by atoms with Gasteiger partial charge in [0.05, 0.1) is 10.6 Å². The van der Waals surface area contributed by atoms with Gasteiger partial charge in [-0.05, 0) is 61.1 Å². The third-order valence-electron chi connectivity index (χ3n) is 4.91. The molecule has 3 aromatic rings. The lowest BCUT2D eigenvalue weighted by atomic mass is 10.2. The van der Waals surface area contributed by atoms with E-state index >= 15 is 0 Å². The first-order valence-electron chi connectivity index (χ1n) is 10.6. The molecule has 0 bridgehead atoms. The van der Waals surface area contributed by atoms with Gasteiger partial charge in [-0.15, -0.1) is 0 Å². The predicted molar refractivity (Wildman–Crippen MR) is 132 cm³/mol. The van der Waals surface area contributed by atoms with Crippen LogP contribution in [0.3, 0.4) is 0 Å². The number of carbonyl (C=O) groups excluding carboxylic acids is 1. The van der Waals surface area contributed by atoms with Crippen molar-refractivity contribution in [2.24, 2.45) is 0 Å². The van der Waals surface area contributed by atoms with E-state index in [1.54, 1.807) is 54.2 Å². The number of hydrogen-bond donors (Lipinski definition) is 1. The van der Waals surface area contributed by atoms with E-state index in [9.17, 15) is 17.6 Å². The quantitative estimate of drug-likeness (QED) is 0.397. The second-order valence-electron chi connectivity index (χ2n) is 7.54. The van der Waals surface area contributed by atoms with Crippen molar-refractivity contribution in [1.29, 1.82) is 0 Å². The Labute approximate surface area is 199 Å². The maximum Gasteiger partial charge on any atom is 0.264 e. The molecule has 3 aromatic carbocycles. The lowest BCUT2D eigenvalue weighted by molar-refractivity contribution is -0.119. The Bertz CT molecular complexity index is 1140. The van der Waals surface area contributed by atoms with Crippen molar-refractivity contribution in [3.05, 3.63) is 95.8 Å². The van der Waals surface area contributed by atoms with Crippen LogP contribution in [0, 0.1) is 12.7 Å². The second kappa shape index (κ2) is 11.9. The first kappa shape index (κ1) is 24.8. The van der Waals surface area contributed by atoms with Crippen LogP contribution in [0.5, 0.6) is 0 Å². The second-order valence-corrected chi connectivity index (χ2v) is 10.5. The smallest absolute Gasteiger partial charge is 0.264 e. The number of aryl methyl sites for hydroxylation is 1. The van der Waals surface area contributed by atoms with E-state index in [-0.39, 0.29) is 23.2 Å². The molecule has 5 nitrogen and oxygen atoms in total. The van der Waals surface area contributed by atoms with Crippen LogP contribution in [-0.2, 0) is 20.6 Å². The molecule has 0 fully saturated rings. The normalized spacial score (nSPS) is 11.2. The molecule has 1 amide bonds. The largest absolute Gasteiger partial charge is 0.354 e. The fourth-order valence-electron chi connectivity index (χ4n) is 3.10. The molecule has 0 saturated heterocycles. The monoisotopic (exact) mass is 486 g/mol. The number of hydrogen-bond acceptors (Lipinski definition) is 4. The third kappa shape index (κ3) is 7.33. The van der Waals surface area contributed by atoms with Gasteiger partial charge in [0.25, 0.3) is 10.0 Å². The van der Waals surface area contributed by atoms with Crippen LogP contribution in [0.4, 0.5) is 10.1 Å². The number of nitrogens with zero attached hydrogens (tertiary/aromatic N) is 1. The Morgan fingerprint density at radius 2 is 1.64 bits per heavy atom. The van der Waals surface area contributed by atoms with E-state index in [2.05, 4.69) is 5.32 Å². The zero-order valence-corrected chi connectivity index (χ0v) is 20.0. The van der Waals surface area contributed by atoms with Gasteiger partial charge in [0.1, 0.15) is 12.4 Å². The molecule has 174 valence electrons. The predicted octanol–water partition coefficient (Wildman–Crippen LogP) is 4.77. The summed E-state index contributed by atoms with van der Waals surface area (Å²) >= 11 is 1.70. The summed E-state index contributed by atoms with van der Waals surface area (Å²) in [4.78, 5) is 12.7. The average molecular weight is 487 g/mol. The van der Waals surface area contributed by atoms with Crippen LogP contribution in [-0.4, -0.2) is 33.2 Å². The molecule has 8 heteroatoms. The summed E-state index contributed by atoms with van der Waals surface area (Å²) in [6.07, 6.45) is 0.744. The third-order valence-corrected chi connectivity index (χ3v) is 7.81. The van der Waals surface area contributed by atoms with E-state index in [0.717, 1.165) is 33.4 Å². The Hall–Kier alpha value is -2.84. The molecule has 0 unspecified atom stereocenters. The summed E-state index contributed by atoms with van der Waals surface area (Å²) in [5, 5.41) is 2.82. The summed E-state index contributed by atoms with van der Waals surface area (Å²) in [7, 11) is -3.89. The number of halogens is 1. The lowest BCUT2D eigenvalue weighted by Gasteiger charge is -2.24. The molecule has 0 aliphatic rings. The van der Waals surface area contributed by atoms with Crippen LogP contribution >= 0.6 is 11.8 Å². The van der Waals surface area contributed by atoms with Gasteiger partial charge in [0, 0.05) is 12.3 Å². The van der Waals surface area contributed by atoms with Crippen LogP contribution in [0.25, 0.3) is 0 Å². The number of nitrogens with one attached hydrogen (secondary N) is 1. The van der Waals surface area contributed by atoms with Crippen molar-refractivity contribution >= 4 is 33.4 Å². The standard InChI is InChI=1S/C25H27FN2O3S2/c1-20-8-14-23(15-9-20)28(33(30,31)24-6-3-2-4-7-24)18-25(29)27-16-5-17-32-19-21-10-12-22(26)13-11-21/h2-4,6-15H,5,16-19H2,1H3,(H,27,29). The fraction of sp³-hybridized carbons (Fsp3) is 0.240. The fourth-order valence-corrected chi connectivity index (χ4v) is 5.47. The van der Waals surface area contributed by atoms with Gasteiger partial charge in [-0.1, -0.05) is 48.0 Å². The van der Waals surface area contributed by atoms with Crippen molar-refractivity contribution in [1.82, 2.24) is 5.32 Å². The highest BCUT2D eigenvalue weighted by molar-refractivity contribution is 7.98. The van der Waals surface area contributed by atoms with Gasteiger partial charge in [-0.25, -0.2) is 12.8 Å². The summed E-state index contributed by atoms with van der Waals surface area (Å²) < 4.78 is 40.6. The van der Waals surface area contributed by atoms with Crippen molar-refractivity contribution < 1.29 is 17.6 Å². The van der Waals surface area contributed by atoms with Crippen LogP contribution in [0.2, 0.25) is 0 Å². The Kier molecular flexibility index (Phi) is 8.91. The van der Waals surface area contributed by atoms with Gasteiger partial charge >= 0.3 is 0 Å². The molecular formula is C25H27FN2O3S2. The molecule has 33 heavy (non-hydrogen) atoms. The van der Waals surface area contributed by atoms with Gasteiger partial charge < -0.3 is 5.32 Å². The maximum atomic E-state index is 13.2. The Morgan fingerprint density at radius 1 is 0.970 bits per heavy atom. The molecule has 0 heterocycles. The zero-order valence-electron chi connectivity index (χ0n) is 18.4. The topological polar surface area (TPSA) is 66.5 Å². The van der Waals surface area contributed by atoms with Crippen molar-refractivity contribution in [2.75, 3.05) is 23.1 Å². The molecule has 0 aromatic heterocycles. The zero-order chi connectivity index (χ0) is 23.7. The van der Waals surface area contributed by atoms with Crippen LogP contribution in [0.15, 0.2) is 83.8 Å². The SMILES string of the molecule is Cc1ccc(N(CC(=O)NCCCSCc2ccc(F)cc2)S(=O)(=O)c2ccccc2)cc1. The van der Waals surface area contributed by atoms with E-state index < -0.39 is 10.0 Å². The van der Waals surface area contributed by atoms with E-state index in [1.165, 1.54) is 24.3 Å². The van der Waals surface area contributed by atoms with Gasteiger partial charge in [0.15, 0.2) is 0 Å². The molecule has 0 aliphatic heterocycles. The molecule has 3 rings (SSSR count). The molecule has 0 radical (unpaired) electrons. The van der Waals surface area contributed by atoms with Crippen LogP contribution < -0.4 is 9.62 Å². The van der Waals surface area contributed by atoms with Gasteiger partial charge in [-0.3, -0.25) is 9.10 Å². The number of sulfonamides is 1. The summed E-state index contributed by atoms with van der Waals surface area (Å²) in [6, 6.07) is 21.6. The molecule has 0 atom stereocenters. The number of anilines is 1. The molecular weight excluding hydrogens is 459 g/mol. The highest BCUT2D eigenvalue weighted by Crippen LogP contribution is 2.24. The minimum Gasteiger partial charge on any atom is -0.354 e. The molecule has 1 N–H and O–H groups in total. The first-order chi connectivity index (χ1) is 15.9. The van der Waals surface area contributed by atoms with Gasteiger partial charge in [-0.2, -0.15) is 11.8 Å². The highest BCUT2D eigenvalue weighted by Gasteiger charge is 2.26. The molecule has 0 aliphatic carbocycles. The number of thioether (sulfide) groups is 1. The maximum absolute atomic E-state index is 13.2. The summed E-state index contributed by atoms with van der Waals surface area (Å²) in [6.45, 7) is 2.06. The number of carbonyl (C=O) groups is 1. The van der Waals surface area contributed by atoms with Crippen molar-refractivity contribution in [2.45, 2.75) is 24.0 Å². The summed E-state index contributed by atoms with van der Waals surface area (Å²) in [5.74, 6) is 0.978. The number of benzene rings is 3. The lowest BCUT2D eigenvalue weighted by Crippen LogP contribution is -2.41. The highest BCUT2D eigenvalue weighted by atomic mass is 32.2. The van der Waals surface area contributed by atoms with E-state index in [1.807, 2.05) is 19.1 Å². The minimum absolute atomic E-state index is 0.135. The Morgan fingerprint density at radius 3 is 2.30 bits per heavy atom. The van der Waals surface area contributed by atoms with E-state index in [0.29, 0.717) is 12.2 Å². The van der Waals surface area contributed by atoms with Crippen LogP contribution in [0.1, 0.15) is 17.5 Å². The molecule has 0 spiro atoms. The van der Waals surface area contributed by atoms with Crippen molar-refractivity contribution in [3.63, 3.8) is 0 Å². The van der Waals surface area contributed by atoms with Gasteiger partial charge in [0.2, 0.25) is 5.91 Å². The number of amides is 1. The minimum atomic E-state index is -3.89. The molecule has 0 saturated carbocycles. The van der Waals surface area contributed by atoms with E-state index in [4.69, 9.17) is 0 Å². The average Bonchev–Trinajstić information content (AvgIpc) is 2.82.